The first-order valence-corrected chi connectivity index (χ1v) is 9.52. The van der Waals surface area contributed by atoms with Crippen molar-refractivity contribution < 1.29 is 4.79 Å². The van der Waals surface area contributed by atoms with E-state index in [0.29, 0.717) is 18.5 Å². The van der Waals surface area contributed by atoms with Crippen LogP contribution in [-0.4, -0.2) is 72.4 Å². The smallest absolute Gasteiger partial charge is 0.236 e. The Labute approximate surface area is 162 Å². The molecule has 1 aliphatic heterocycles. The number of amides is 1. The van der Waals surface area contributed by atoms with Crippen LogP contribution in [0.5, 0.6) is 0 Å². The summed E-state index contributed by atoms with van der Waals surface area (Å²) in [7, 11) is 6.21. The number of pyridine rings is 1. The van der Waals surface area contributed by atoms with Crippen molar-refractivity contribution in [2.24, 2.45) is 0 Å². The number of nitrogens with zero attached hydrogens (tertiary/aromatic N) is 4. The van der Waals surface area contributed by atoms with Gasteiger partial charge in [-0.25, -0.2) is 0 Å². The lowest BCUT2D eigenvalue weighted by Crippen LogP contribution is -2.39. The molecule has 1 aromatic carbocycles. The summed E-state index contributed by atoms with van der Waals surface area (Å²) in [4.78, 5) is 23.3. The number of likely N-dealkylation sites (tertiary alicyclic amines) is 1. The highest BCUT2D eigenvalue weighted by atomic mass is 16.2. The second kappa shape index (κ2) is 8.63. The number of carbonyl (C=O) groups excluding carboxylic acids is 1. The summed E-state index contributed by atoms with van der Waals surface area (Å²) >= 11 is 0. The van der Waals surface area contributed by atoms with Crippen LogP contribution >= 0.6 is 0 Å². The minimum atomic E-state index is 0.202. The van der Waals surface area contributed by atoms with E-state index in [1.807, 2.05) is 24.1 Å². The number of rotatable bonds is 6. The number of aryl methyl sites for hydroxylation is 1. The summed E-state index contributed by atoms with van der Waals surface area (Å²) in [5, 5.41) is 0. The van der Waals surface area contributed by atoms with Gasteiger partial charge in [0.15, 0.2) is 0 Å². The van der Waals surface area contributed by atoms with Crippen molar-refractivity contribution in [2.45, 2.75) is 25.4 Å². The van der Waals surface area contributed by atoms with Crippen LogP contribution in [0.4, 0.5) is 0 Å². The molecule has 0 aliphatic carbocycles. The van der Waals surface area contributed by atoms with Crippen LogP contribution in [0.1, 0.15) is 22.6 Å². The summed E-state index contributed by atoms with van der Waals surface area (Å²) in [6, 6.07) is 13.1. The monoisotopic (exact) mass is 366 g/mol. The number of aromatic nitrogens is 1. The van der Waals surface area contributed by atoms with E-state index >= 15 is 0 Å². The highest BCUT2D eigenvalue weighted by Crippen LogP contribution is 2.30. The van der Waals surface area contributed by atoms with Gasteiger partial charge in [0, 0.05) is 44.0 Å². The molecule has 1 aromatic heterocycles. The van der Waals surface area contributed by atoms with Crippen LogP contribution in [0.2, 0.25) is 0 Å². The zero-order valence-corrected chi connectivity index (χ0v) is 16.8. The Morgan fingerprint density at radius 2 is 1.74 bits per heavy atom. The summed E-state index contributed by atoms with van der Waals surface area (Å²) in [6.45, 7) is 4.86. The van der Waals surface area contributed by atoms with Crippen LogP contribution in [0.25, 0.3) is 0 Å². The van der Waals surface area contributed by atoms with Gasteiger partial charge >= 0.3 is 0 Å². The van der Waals surface area contributed by atoms with E-state index in [1.165, 1.54) is 16.7 Å². The van der Waals surface area contributed by atoms with E-state index in [0.717, 1.165) is 19.6 Å². The maximum atomic E-state index is 12.9. The normalized spacial score (nSPS) is 19.9. The van der Waals surface area contributed by atoms with Gasteiger partial charge in [-0.1, -0.05) is 29.8 Å². The second-order valence-corrected chi connectivity index (χ2v) is 7.87. The lowest BCUT2D eigenvalue weighted by atomic mass is 9.93. The molecule has 1 fully saturated rings. The number of likely N-dealkylation sites (N-methyl/N-ethyl adjacent to an activating group) is 2. The number of benzene rings is 1. The minimum absolute atomic E-state index is 0.202. The number of carbonyl (C=O) groups is 1. The Kier molecular flexibility index (Phi) is 6.24. The fourth-order valence-corrected chi connectivity index (χ4v) is 3.84. The van der Waals surface area contributed by atoms with Crippen molar-refractivity contribution in [1.29, 1.82) is 0 Å². The van der Waals surface area contributed by atoms with Crippen LogP contribution < -0.4 is 0 Å². The SMILES string of the molecule is Cc1ccc([C@@H]2CN(C(=O)CN(C)Cc3ccncc3)C[C@H]2N(C)C)cc1. The van der Waals surface area contributed by atoms with E-state index in [4.69, 9.17) is 0 Å². The predicted octanol–water partition coefficient (Wildman–Crippen LogP) is 2.38. The van der Waals surface area contributed by atoms with E-state index in [9.17, 15) is 4.79 Å². The Balaban J connectivity index is 1.64. The van der Waals surface area contributed by atoms with Crippen LogP contribution in [-0.2, 0) is 11.3 Å². The Bertz CT molecular complexity index is 745. The zero-order valence-electron chi connectivity index (χ0n) is 16.8. The van der Waals surface area contributed by atoms with Gasteiger partial charge in [-0.15, -0.1) is 0 Å². The van der Waals surface area contributed by atoms with E-state index in [-0.39, 0.29) is 5.91 Å². The maximum Gasteiger partial charge on any atom is 0.236 e. The Hall–Kier alpha value is -2.24. The van der Waals surface area contributed by atoms with E-state index < -0.39 is 0 Å². The second-order valence-electron chi connectivity index (χ2n) is 7.87. The van der Waals surface area contributed by atoms with Crippen molar-refractivity contribution in [1.82, 2.24) is 19.7 Å². The van der Waals surface area contributed by atoms with Crippen molar-refractivity contribution in [3.63, 3.8) is 0 Å². The molecule has 0 bridgehead atoms. The highest BCUT2D eigenvalue weighted by molar-refractivity contribution is 5.78. The first-order chi connectivity index (χ1) is 12.9. The molecule has 1 aliphatic rings. The molecule has 0 saturated carbocycles. The molecule has 1 saturated heterocycles. The molecular weight excluding hydrogens is 336 g/mol. The zero-order chi connectivity index (χ0) is 19.4. The summed E-state index contributed by atoms with van der Waals surface area (Å²) in [5.74, 6) is 0.558. The third-order valence-corrected chi connectivity index (χ3v) is 5.42. The van der Waals surface area contributed by atoms with Crippen molar-refractivity contribution in [2.75, 3.05) is 40.8 Å². The first kappa shape index (κ1) is 19.5. The predicted molar refractivity (Wildman–Crippen MR) is 109 cm³/mol. The average molecular weight is 367 g/mol. The van der Waals surface area contributed by atoms with Gasteiger partial charge in [0.25, 0.3) is 0 Å². The van der Waals surface area contributed by atoms with Crippen molar-refractivity contribution in [3.05, 3.63) is 65.5 Å². The van der Waals surface area contributed by atoms with Gasteiger partial charge in [-0.05, 0) is 51.3 Å². The number of hydrogen-bond donors (Lipinski definition) is 0. The standard InChI is InChI=1S/C22H30N4O/c1-17-5-7-19(8-6-17)20-14-26(15-21(20)24(2)3)22(27)16-25(4)13-18-9-11-23-12-10-18/h5-12,20-21H,13-16H2,1-4H3/t20-,21+/m0/s1. The van der Waals surface area contributed by atoms with Gasteiger partial charge in [0.2, 0.25) is 5.91 Å². The highest BCUT2D eigenvalue weighted by Gasteiger charge is 2.37. The molecule has 0 spiro atoms. The fourth-order valence-electron chi connectivity index (χ4n) is 3.84. The average Bonchev–Trinajstić information content (AvgIpc) is 3.09. The Morgan fingerprint density at radius 3 is 2.37 bits per heavy atom. The molecule has 0 radical (unpaired) electrons. The summed E-state index contributed by atoms with van der Waals surface area (Å²) in [5.41, 5.74) is 3.76. The molecule has 2 atom stereocenters. The lowest BCUT2D eigenvalue weighted by molar-refractivity contribution is -0.131. The van der Waals surface area contributed by atoms with Crippen LogP contribution in [0, 0.1) is 6.92 Å². The van der Waals surface area contributed by atoms with Gasteiger partial charge in [-0.3, -0.25) is 14.7 Å². The molecule has 0 N–H and O–H groups in total. The molecule has 2 heterocycles. The summed E-state index contributed by atoms with van der Waals surface area (Å²) in [6.07, 6.45) is 3.58. The molecule has 2 aromatic rings. The third kappa shape index (κ3) is 4.93. The van der Waals surface area contributed by atoms with Gasteiger partial charge in [-0.2, -0.15) is 0 Å². The largest absolute Gasteiger partial charge is 0.339 e. The minimum Gasteiger partial charge on any atom is -0.339 e. The maximum absolute atomic E-state index is 12.9. The molecular formula is C22H30N4O. The summed E-state index contributed by atoms with van der Waals surface area (Å²) < 4.78 is 0. The quantitative estimate of drug-likeness (QED) is 0.787. The number of hydrogen-bond acceptors (Lipinski definition) is 4. The molecule has 3 rings (SSSR count). The van der Waals surface area contributed by atoms with Crippen LogP contribution in [0.15, 0.2) is 48.8 Å². The van der Waals surface area contributed by atoms with Crippen molar-refractivity contribution >= 4 is 5.91 Å². The molecule has 0 unspecified atom stereocenters. The topological polar surface area (TPSA) is 39.7 Å². The van der Waals surface area contributed by atoms with Crippen molar-refractivity contribution in [3.8, 4) is 0 Å². The third-order valence-electron chi connectivity index (χ3n) is 5.42. The molecule has 5 nitrogen and oxygen atoms in total. The first-order valence-electron chi connectivity index (χ1n) is 9.52. The van der Waals surface area contributed by atoms with Gasteiger partial charge in [0.05, 0.1) is 6.54 Å². The van der Waals surface area contributed by atoms with Gasteiger partial charge in [0.1, 0.15) is 0 Å². The fraction of sp³-hybridized carbons (Fsp3) is 0.455. The van der Waals surface area contributed by atoms with Crippen LogP contribution in [0.3, 0.4) is 0 Å². The van der Waals surface area contributed by atoms with E-state index in [1.54, 1.807) is 12.4 Å². The van der Waals surface area contributed by atoms with Gasteiger partial charge < -0.3 is 9.80 Å². The molecule has 144 valence electrons. The molecule has 1 amide bonds. The Morgan fingerprint density at radius 1 is 1.07 bits per heavy atom. The molecule has 5 heteroatoms. The molecule has 27 heavy (non-hydrogen) atoms. The van der Waals surface area contributed by atoms with E-state index in [2.05, 4.69) is 60.1 Å². The lowest BCUT2D eigenvalue weighted by Gasteiger charge is -2.25.